The number of carbonyl (C=O) groups is 1. The summed E-state index contributed by atoms with van der Waals surface area (Å²) in [5, 5.41) is 2.54. The van der Waals surface area contributed by atoms with E-state index in [1.807, 2.05) is 5.38 Å². The van der Waals surface area contributed by atoms with Crippen molar-refractivity contribution in [3.8, 4) is 0 Å². The molecule has 3 heterocycles. The Labute approximate surface area is 171 Å². The monoisotopic (exact) mass is 416 g/mol. The van der Waals surface area contributed by atoms with Gasteiger partial charge in [-0.05, 0) is 19.8 Å². The van der Waals surface area contributed by atoms with Gasteiger partial charge in [-0.25, -0.2) is 14.8 Å². The molecular weight excluding hydrogens is 392 g/mol. The van der Waals surface area contributed by atoms with Gasteiger partial charge >= 0.3 is 5.69 Å². The lowest BCUT2D eigenvalue weighted by molar-refractivity contribution is -0.121. The lowest BCUT2D eigenvalue weighted by atomic mass is 9.94. The Morgan fingerprint density at radius 2 is 1.90 bits per heavy atom. The second-order valence-corrected chi connectivity index (χ2v) is 8.39. The van der Waals surface area contributed by atoms with E-state index in [4.69, 9.17) is 0 Å². The highest BCUT2D eigenvalue weighted by atomic mass is 32.1. The number of aryl methyl sites for hydroxylation is 1. The Morgan fingerprint density at radius 1 is 1.17 bits per heavy atom. The maximum Gasteiger partial charge on any atom is 0.332 e. The first-order valence-electron chi connectivity index (χ1n) is 9.77. The molecule has 0 unspecified atom stereocenters. The standard InChI is InChI=1S/C19H24N6O3S/c1-12(24-11-21-15-14(24)17(27)23(3)19(28)22(15)2)16(26)25(18-20-9-10-29-18)13-7-5-4-6-8-13/h9-13H,4-8H2,1-3H3/t12-/m0/s1. The molecule has 1 saturated carbocycles. The van der Waals surface area contributed by atoms with Gasteiger partial charge in [-0.3, -0.25) is 23.6 Å². The number of amides is 1. The molecule has 0 radical (unpaired) electrons. The van der Waals surface area contributed by atoms with E-state index in [0.717, 1.165) is 30.3 Å². The molecule has 1 aliphatic rings. The third kappa shape index (κ3) is 3.21. The Hall–Kier alpha value is -2.75. The van der Waals surface area contributed by atoms with Gasteiger partial charge in [0.25, 0.3) is 11.5 Å². The molecular formula is C19H24N6O3S. The predicted octanol–water partition coefficient (Wildman–Crippen LogP) is 1.82. The number of carbonyl (C=O) groups excluding carboxylic acids is 1. The number of nitrogens with zero attached hydrogens (tertiary/aromatic N) is 6. The zero-order valence-electron chi connectivity index (χ0n) is 16.7. The van der Waals surface area contributed by atoms with E-state index in [1.165, 1.54) is 35.7 Å². The molecule has 29 heavy (non-hydrogen) atoms. The largest absolute Gasteiger partial charge is 0.332 e. The van der Waals surface area contributed by atoms with Crippen molar-refractivity contribution in [3.05, 3.63) is 38.7 Å². The van der Waals surface area contributed by atoms with Crippen LogP contribution in [-0.4, -0.2) is 35.6 Å². The summed E-state index contributed by atoms with van der Waals surface area (Å²) in [7, 11) is 3.00. The molecule has 4 rings (SSSR count). The number of rotatable bonds is 4. The summed E-state index contributed by atoms with van der Waals surface area (Å²) in [6.07, 6.45) is 8.41. The molecule has 0 saturated heterocycles. The Balaban J connectivity index is 1.78. The van der Waals surface area contributed by atoms with Gasteiger partial charge in [0.05, 0.1) is 6.33 Å². The summed E-state index contributed by atoms with van der Waals surface area (Å²) in [5.41, 5.74) is -0.383. The van der Waals surface area contributed by atoms with Crippen LogP contribution < -0.4 is 16.1 Å². The van der Waals surface area contributed by atoms with E-state index in [-0.39, 0.29) is 23.1 Å². The van der Waals surface area contributed by atoms with Crippen LogP contribution in [0.5, 0.6) is 0 Å². The summed E-state index contributed by atoms with van der Waals surface area (Å²) in [4.78, 5) is 49.0. The first-order valence-corrected chi connectivity index (χ1v) is 10.6. The maximum atomic E-state index is 13.6. The first kappa shape index (κ1) is 19.6. The number of fused-ring (bicyclic) bond motifs is 1. The number of hydrogen-bond donors (Lipinski definition) is 0. The highest BCUT2D eigenvalue weighted by Gasteiger charge is 2.33. The van der Waals surface area contributed by atoms with Crippen molar-refractivity contribution in [2.24, 2.45) is 14.1 Å². The second kappa shape index (κ2) is 7.58. The molecule has 0 spiro atoms. The summed E-state index contributed by atoms with van der Waals surface area (Å²) >= 11 is 1.44. The molecule has 1 aliphatic carbocycles. The number of thiazole rings is 1. The Bertz CT molecular complexity index is 1150. The van der Waals surface area contributed by atoms with Gasteiger partial charge in [-0.1, -0.05) is 19.3 Å². The van der Waals surface area contributed by atoms with Crippen LogP contribution in [0.4, 0.5) is 5.13 Å². The van der Waals surface area contributed by atoms with Gasteiger partial charge in [0.1, 0.15) is 6.04 Å². The Morgan fingerprint density at radius 3 is 2.55 bits per heavy atom. The number of imidazole rings is 1. The number of aromatic nitrogens is 5. The van der Waals surface area contributed by atoms with Gasteiger partial charge in [0, 0.05) is 31.7 Å². The van der Waals surface area contributed by atoms with Crippen LogP contribution >= 0.6 is 11.3 Å². The Kier molecular flexibility index (Phi) is 5.12. The van der Waals surface area contributed by atoms with Gasteiger partial charge in [0.15, 0.2) is 16.3 Å². The molecule has 1 atom stereocenters. The van der Waals surface area contributed by atoms with Crippen molar-refractivity contribution in [3.63, 3.8) is 0 Å². The predicted molar refractivity (Wildman–Crippen MR) is 111 cm³/mol. The molecule has 0 aliphatic heterocycles. The van der Waals surface area contributed by atoms with E-state index >= 15 is 0 Å². The zero-order chi connectivity index (χ0) is 20.7. The molecule has 1 amide bonds. The van der Waals surface area contributed by atoms with Crippen molar-refractivity contribution >= 4 is 33.5 Å². The average molecular weight is 417 g/mol. The smallest absolute Gasteiger partial charge is 0.312 e. The fourth-order valence-corrected chi connectivity index (χ4v) is 4.80. The third-order valence-corrected chi connectivity index (χ3v) is 6.52. The van der Waals surface area contributed by atoms with E-state index in [1.54, 1.807) is 29.6 Å². The minimum Gasteiger partial charge on any atom is -0.312 e. The van der Waals surface area contributed by atoms with Crippen LogP contribution in [-0.2, 0) is 18.9 Å². The fraction of sp³-hybridized carbons (Fsp3) is 0.526. The molecule has 3 aromatic heterocycles. The normalized spacial score (nSPS) is 16.2. The fourth-order valence-electron chi connectivity index (χ4n) is 4.08. The highest BCUT2D eigenvalue weighted by molar-refractivity contribution is 7.13. The summed E-state index contributed by atoms with van der Waals surface area (Å²) in [6, 6.07) is -0.553. The molecule has 154 valence electrons. The van der Waals surface area contributed by atoms with Crippen molar-refractivity contribution < 1.29 is 4.79 Å². The van der Waals surface area contributed by atoms with Crippen LogP contribution in [0.15, 0.2) is 27.5 Å². The van der Waals surface area contributed by atoms with Crippen molar-refractivity contribution in [2.45, 2.75) is 51.1 Å². The molecule has 0 aromatic carbocycles. The molecule has 3 aromatic rings. The van der Waals surface area contributed by atoms with Crippen molar-refractivity contribution in [1.82, 2.24) is 23.7 Å². The molecule has 0 N–H and O–H groups in total. The van der Waals surface area contributed by atoms with E-state index in [0.29, 0.717) is 5.13 Å². The minimum atomic E-state index is -0.656. The van der Waals surface area contributed by atoms with Crippen LogP contribution in [0, 0.1) is 0 Å². The average Bonchev–Trinajstić information content (AvgIpc) is 3.41. The highest BCUT2D eigenvalue weighted by Crippen LogP contribution is 2.31. The van der Waals surface area contributed by atoms with Crippen LogP contribution in [0.25, 0.3) is 11.2 Å². The van der Waals surface area contributed by atoms with Crippen LogP contribution in [0.1, 0.15) is 45.1 Å². The topological polar surface area (TPSA) is 95.0 Å². The van der Waals surface area contributed by atoms with Crippen LogP contribution in [0.2, 0.25) is 0 Å². The number of hydrogen-bond acceptors (Lipinski definition) is 6. The van der Waals surface area contributed by atoms with Crippen molar-refractivity contribution in [2.75, 3.05) is 4.90 Å². The number of anilines is 1. The third-order valence-electron chi connectivity index (χ3n) is 5.75. The zero-order valence-corrected chi connectivity index (χ0v) is 17.6. The van der Waals surface area contributed by atoms with Crippen molar-refractivity contribution in [1.29, 1.82) is 0 Å². The van der Waals surface area contributed by atoms with E-state index < -0.39 is 17.3 Å². The van der Waals surface area contributed by atoms with Gasteiger partial charge in [0.2, 0.25) is 0 Å². The van der Waals surface area contributed by atoms with Crippen LogP contribution in [0.3, 0.4) is 0 Å². The summed E-state index contributed by atoms with van der Waals surface area (Å²) < 4.78 is 3.93. The lowest BCUT2D eigenvalue weighted by Gasteiger charge is -2.34. The quantitative estimate of drug-likeness (QED) is 0.647. The lowest BCUT2D eigenvalue weighted by Crippen LogP contribution is -2.45. The second-order valence-electron chi connectivity index (χ2n) is 7.52. The molecule has 9 nitrogen and oxygen atoms in total. The van der Waals surface area contributed by atoms with E-state index in [9.17, 15) is 14.4 Å². The van der Waals surface area contributed by atoms with Gasteiger partial charge in [-0.15, -0.1) is 11.3 Å². The van der Waals surface area contributed by atoms with Gasteiger partial charge in [-0.2, -0.15) is 0 Å². The summed E-state index contributed by atoms with van der Waals surface area (Å²) in [6.45, 7) is 1.76. The maximum absolute atomic E-state index is 13.6. The molecule has 0 bridgehead atoms. The molecule has 10 heteroatoms. The van der Waals surface area contributed by atoms with Gasteiger partial charge < -0.3 is 4.57 Å². The SMILES string of the molecule is C[C@@H](C(=O)N(c1nccs1)C1CCCCC1)n1cnc2c1c(=O)n(C)c(=O)n2C. The first-order chi connectivity index (χ1) is 13.9. The molecule has 1 fully saturated rings. The summed E-state index contributed by atoms with van der Waals surface area (Å²) in [5.74, 6) is -0.123. The minimum absolute atomic E-state index is 0.104. The van der Waals surface area contributed by atoms with E-state index in [2.05, 4.69) is 9.97 Å².